The van der Waals surface area contributed by atoms with Crippen LogP contribution in [-0.2, 0) is 0 Å². The number of phenolic OH excluding ortho intramolecular Hbond substituents is 1. The number of phenols is 1. The van der Waals surface area contributed by atoms with Crippen LogP contribution in [-0.4, -0.2) is 16.3 Å². The Morgan fingerprint density at radius 3 is 2.78 bits per heavy atom. The normalized spacial score (nSPS) is 11.3. The van der Waals surface area contributed by atoms with E-state index in [2.05, 4.69) is 15.5 Å². The summed E-state index contributed by atoms with van der Waals surface area (Å²) in [6, 6.07) is 17.1. The number of rotatable bonds is 5. The highest BCUT2D eigenvalue weighted by atomic mass is 32.1. The zero-order chi connectivity index (χ0) is 15.9. The minimum atomic E-state index is 0.249. The highest BCUT2D eigenvalue weighted by Crippen LogP contribution is 2.24. The first-order valence-corrected chi connectivity index (χ1v) is 7.95. The average molecular weight is 321 g/mol. The molecule has 5 heteroatoms. The van der Waals surface area contributed by atoms with Gasteiger partial charge in [0.2, 0.25) is 5.13 Å². The largest absolute Gasteiger partial charge is 0.508 e. The smallest absolute Gasteiger partial charge is 0.203 e. The molecule has 0 saturated carbocycles. The molecule has 3 aromatic rings. The maximum Gasteiger partial charge on any atom is 0.203 e. The topological polar surface area (TPSA) is 57.5 Å². The monoisotopic (exact) mass is 321 g/mol. The fourth-order valence-corrected chi connectivity index (χ4v) is 2.65. The molecule has 23 heavy (non-hydrogen) atoms. The lowest BCUT2D eigenvalue weighted by atomic mass is 10.2. The van der Waals surface area contributed by atoms with Crippen LogP contribution in [0.1, 0.15) is 5.56 Å². The molecule has 0 atom stereocenters. The van der Waals surface area contributed by atoms with Gasteiger partial charge < -0.3 is 5.11 Å². The van der Waals surface area contributed by atoms with Gasteiger partial charge in [0, 0.05) is 17.2 Å². The number of nitrogens with zero attached hydrogens (tertiary/aromatic N) is 2. The molecule has 0 saturated heterocycles. The van der Waals surface area contributed by atoms with Gasteiger partial charge in [-0.05, 0) is 23.8 Å². The van der Waals surface area contributed by atoms with Gasteiger partial charge in [0.25, 0.3) is 0 Å². The van der Waals surface area contributed by atoms with E-state index in [4.69, 9.17) is 0 Å². The van der Waals surface area contributed by atoms with Gasteiger partial charge >= 0.3 is 0 Å². The van der Waals surface area contributed by atoms with Gasteiger partial charge in [-0.2, -0.15) is 5.10 Å². The van der Waals surface area contributed by atoms with Crippen molar-refractivity contribution in [1.29, 1.82) is 0 Å². The fourth-order valence-electron chi connectivity index (χ4n) is 1.98. The standard InChI is InChI=1S/C18H15N3OS/c22-16-10-4-6-14(12-16)7-5-11-19-21-18-20-17(13-23-18)15-8-2-1-3-9-15/h1-13,22H,(H,20,21)/b7-5+,19-11+. The second kappa shape index (κ2) is 7.38. The Morgan fingerprint density at radius 1 is 1.09 bits per heavy atom. The van der Waals surface area contributed by atoms with E-state index in [1.165, 1.54) is 11.3 Å². The Morgan fingerprint density at radius 2 is 1.96 bits per heavy atom. The number of allylic oxidation sites excluding steroid dienone is 1. The van der Waals surface area contributed by atoms with E-state index in [9.17, 15) is 5.11 Å². The predicted molar refractivity (Wildman–Crippen MR) is 96.8 cm³/mol. The molecule has 3 rings (SSSR count). The van der Waals surface area contributed by atoms with Crippen molar-refractivity contribution in [3.63, 3.8) is 0 Å². The van der Waals surface area contributed by atoms with Crippen LogP contribution in [0.25, 0.3) is 17.3 Å². The zero-order valence-electron chi connectivity index (χ0n) is 12.3. The molecule has 0 amide bonds. The molecule has 114 valence electrons. The number of anilines is 1. The molecule has 2 aromatic carbocycles. The summed E-state index contributed by atoms with van der Waals surface area (Å²) in [6.07, 6.45) is 5.31. The second-order valence-electron chi connectivity index (χ2n) is 4.75. The molecule has 0 aliphatic rings. The maximum atomic E-state index is 9.37. The van der Waals surface area contributed by atoms with Crippen LogP contribution < -0.4 is 5.43 Å². The number of hydrogen-bond donors (Lipinski definition) is 2. The summed E-state index contributed by atoms with van der Waals surface area (Å²) in [5.41, 5.74) is 5.84. The summed E-state index contributed by atoms with van der Waals surface area (Å²) < 4.78 is 0. The number of nitrogens with one attached hydrogen (secondary N) is 1. The van der Waals surface area contributed by atoms with Crippen molar-refractivity contribution in [2.45, 2.75) is 0 Å². The molecule has 2 N–H and O–H groups in total. The van der Waals surface area contributed by atoms with Crippen LogP contribution in [0.15, 0.2) is 71.2 Å². The predicted octanol–water partition coefficient (Wildman–Crippen LogP) is 4.63. The molecule has 0 aliphatic carbocycles. The Hall–Kier alpha value is -2.92. The lowest BCUT2D eigenvalue weighted by molar-refractivity contribution is 0.475. The Labute approximate surface area is 138 Å². The Balaban J connectivity index is 1.57. The van der Waals surface area contributed by atoms with Crippen LogP contribution in [0.3, 0.4) is 0 Å². The van der Waals surface area contributed by atoms with Crippen LogP contribution >= 0.6 is 11.3 Å². The van der Waals surface area contributed by atoms with Crippen molar-refractivity contribution in [2.24, 2.45) is 5.10 Å². The van der Waals surface area contributed by atoms with Gasteiger partial charge in [-0.3, -0.25) is 5.43 Å². The van der Waals surface area contributed by atoms with E-state index in [1.54, 1.807) is 30.5 Å². The van der Waals surface area contributed by atoms with Crippen LogP contribution in [0.5, 0.6) is 5.75 Å². The summed E-state index contributed by atoms with van der Waals surface area (Å²) in [5.74, 6) is 0.249. The minimum Gasteiger partial charge on any atom is -0.508 e. The summed E-state index contributed by atoms with van der Waals surface area (Å²) in [7, 11) is 0. The number of aromatic nitrogens is 1. The average Bonchev–Trinajstić information content (AvgIpc) is 3.04. The Kier molecular flexibility index (Phi) is 4.81. The lowest BCUT2D eigenvalue weighted by Crippen LogP contribution is -1.87. The van der Waals surface area contributed by atoms with Crippen LogP contribution in [0.2, 0.25) is 0 Å². The highest BCUT2D eigenvalue weighted by Gasteiger charge is 2.02. The van der Waals surface area contributed by atoms with E-state index in [0.717, 1.165) is 22.0 Å². The molecular formula is C18H15N3OS. The number of hydrogen-bond acceptors (Lipinski definition) is 5. The first kappa shape index (κ1) is 15.0. The number of thiazole rings is 1. The van der Waals surface area contributed by atoms with Gasteiger partial charge in [0.1, 0.15) is 5.75 Å². The van der Waals surface area contributed by atoms with Crippen molar-refractivity contribution in [1.82, 2.24) is 4.98 Å². The molecule has 0 radical (unpaired) electrons. The summed E-state index contributed by atoms with van der Waals surface area (Å²) in [4.78, 5) is 4.48. The van der Waals surface area contributed by atoms with E-state index < -0.39 is 0 Å². The van der Waals surface area contributed by atoms with Crippen LogP contribution in [0.4, 0.5) is 5.13 Å². The molecule has 4 nitrogen and oxygen atoms in total. The van der Waals surface area contributed by atoms with Gasteiger partial charge in [-0.15, -0.1) is 11.3 Å². The third kappa shape index (κ3) is 4.28. The molecule has 1 aromatic heterocycles. The first-order chi connectivity index (χ1) is 11.3. The molecular weight excluding hydrogens is 306 g/mol. The van der Waals surface area contributed by atoms with Gasteiger partial charge in [0.05, 0.1) is 5.69 Å². The summed E-state index contributed by atoms with van der Waals surface area (Å²) in [6.45, 7) is 0. The van der Waals surface area contributed by atoms with Gasteiger partial charge in [0.15, 0.2) is 0 Å². The molecule has 0 bridgehead atoms. The van der Waals surface area contributed by atoms with Crippen molar-refractivity contribution >= 4 is 28.8 Å². The molecule has 0 spiro atoms. The summed E-state index contributed by atoms with van der Waals surface area (Å²) >= 11 is 1.51. The number of aromatic hydroxyl groups is 1. The van der Waals surface area contributed by atoms with Crippen molar-refractivity contribution in [3.05, 3.63) is 71.6 Å². The van der Waals surface area contributed by atoms with E-state index >= 15 is 0 Å². The van der Waals surface area contributed by atoms with Crippen molar-refractivity contribution in [3.8, 4) is 17.0 Å². The SMILES string of the molecule is Oc1cccc(/C=C/C=N/Nc2nc(-c3ccccc3)cs2)c1. The number of hydrazone groups is 1. The molecule has 0 unspecified atom stereocenters. The first-order valence-electron chi connectivity index (χ1n) is 7.07. The van der Waals surface area contributed by atoms with Crippen molar-refractivity contribution < 1.29 is 5.11 Å². The van der Waals surface area contributed by atoms with Crippen molar-refractivity contribution in [2.75, 3.05) is 5.43 Å². The Bertz CT molecular complexity index is 825. The van der Waals surface area contributed by atoms with E-state index in [-0.39, 0.29) is 5.75 Å². The number of benzene rings is 2. The minimum absolute atomic E-state index is 0.249. The third-order valence-electron chi connectivity index (χ3n) is 3.05. The van der Waals surface area contributed by atoms with Crippen LogP contribution in [0, 0.1) is 0 Å². The molecule has 1 heterocycles. The highest BCUT2D eigenvalue weighted by molar-refractivity contribution is 7.14. The second-order valence-corrected chi connectivity index (χ2v) is 5.61. The fraction of sp³-hybridized carbons (Fsp3) is 0. The summed E-state index contributed by atoms with van der Waals surface area (Å²) in [5, 5.41) is 16.2. The maximum absolute atomic E-state index is 9.37. The van der Waals surface area contributed by atoms with E-state index in [1.807, 2.05) is 47.9 Å². The van der Waals surface area contributed by atoms with Gasteiger partial charge in [-0.25, -0.2) is 4.98 Å². The third-order valence-corrected chi connectivity index (χ3v) is 3.80. The molecule has 0 aliphatic heterocycles. The molecule has 0 fully saturated rings. The lowest BCUT2D eigenvalue weighted by Gasteiger charge is -1.95. The zero-order valence-corrected chi connectivity index (χ0v) is 13.1. The van der Waals surface area contributed by atoms with Gasteiger partial charge in [-0.1, -0.05) is 48.5 Å². The van der Waals surface area contributed by atoms with E-state index in [0.29, 0.717) is 0 Å². The quantitative estimate of drug-likeness (QED) is 0.532.